The maximum Gasteiger partial charge on any atom is 0.294 e. The van der Waals surface area contributed by atoms with E-state index in [2.05, 4.69) is 104 Å². The molecule has 0 atom stereocenters. The third kappa shape index (κ3) is 7.59. The number of aryl methyl sites for hydroxylation is 1. The molecule has 46 heavy (non-hydrogen) atoms. The van der Waals surface area contributed by atoms with E-state index in [9.17, 15) is 13.0 Å². The molecule has 1 aliphatic rings. The van der Waals surface area contributed by atoms with Crippen molar-refractivity contribution in [2.24, 2.45) is 0 Å². The van der Waals surface area contributed by atoms with Crippen molar-refractivity contribution >= 4 is 38.7 Å². The Balaban J connectivity index is 1.55. The zero-order valence-corrected chi connectivity index (χ0v) is 28.3. The normalized spacial score (nSPS) is 15.4. The number of rotatable bonds is 10. The molecule has 0 spiro atoms. The van der Waals surface area contributed by atoms with Crippen molar-refractivity contribution in [3.63, 3.8) is 0 Å². The van der Waals surface area contributed by atoms with E-state index >= 15 is 0 Å². The first-order chi connectivity index (χ1) is 22.1. The highest BCUT2D eigenvalue weighted by atomic mass is 35.5. The number of hydrogen-bond acceptors (Lipinski definition) is 3. The highest BCUT2D eigenvalue weighted by Crippen LogP contribution is 2.36. The van der Waals surface area contributed by atoms with Crippen molar-refractivity contribution in [1.82, 2.24) is 0 Å². The molecular weight excluding hydrogens is 612 g/mol. The topological polar surface area (TPSA) is 60.6 Å². The molecule has 0 saturated heterocycles. The lowest BCUT2D eigenvalue weighted by molar-refractivity contribution is -0.539. The van der Waals surface area contributed by atoms with Gasteiger partial charge in [-0.2, -0.15) is 8.42 Å². The Bertz CT molecular complexity index is 1980. The molecule has 1 N–H and O–H groups in total. The lowest BCUT2D eigenvalue weighted by Crippen LogP contribution is -2.23. The maximum absolute atomic E-state index is 11.7. The molecule has 0 amide bonds. The summed E-state index contributed by atoms with van der Waals surface area (Å²) in [5.74, 6) is 0. The van der Waals surface area contributed by atoms with Crippen LogP contribution in [0.2, 0.25) is 5.02 Å². The van der Waals surface area contributed by atoms with E-state index in [0.29, 0.717) is 11.6 Å². The van der Waals surface area contributed by atoms with Gasteiger partial charge in [0.05, 0.1) is 4.90 Å². The Morgan fingerprint density at radius 2 is 1.57 bits per heavy atom. The lowest BCUT2D eigenvalue weighted by atomic mass is 9.88. The van der Waals surface area contributed by atoms with Gasteiger partial charge in [0.2, 0.25) is 5.71 Å². The van der Waals surface area contributed by atoms with Gasteiger partial charge in [0.1, 0.15) is 6.54 Å². The third-order valence-electron chi connectivity index (χ3n) is 8.34. The molecule has 4 aromatic rings. The largest absolute Gasteiger partial charge is 0.367 e. The van der Waals surface area contributed by atoms with Crippen molar-refractivity contribution in [2.75, 3.05) is 18.0 Å². The first-order valence-electron chi connectivity index (χ1n) is 15.5. The molecule has 0 heterocycles. The van der Waals surface area contributed by atoms with E-state index in [-0.39, 0.29) is 4.90 Å². The number of hydrogen-bond donors (Lipinski definition) is 1. The molecule has 0 aliphatic heterocycles. The molecule has 236 valence electrons. The predicted octanol–water partition coefficient (Wildman–Crippen LogP) is 8.91. The van der Waals surface area contributed by atoms with Gasteiger partial charge in [0, 0.05) is 46.6 Å². The van der Waals surface area contributed by atoms with Crippen LogP contribution in [0.1, 0.15) is 48.6 Å². The van der Waals surface area contributed by atoms with Gasteiger partial charge >= 0.3 is 0 Å². The molecule has 1 aliphatic carbocycles. The molecule has 5 rings (SSSR count). The minimum Gasteiger partial charge on any atom is -0.367 e. The van der Waals surface area contributed by atoms with Gasteiger partial charge < -0.3 is 4.90 Å². The quantitative estimate of drug-likeness (QED) is 0.137. The van der Waals surface area contributed by atoms with Gasteiger partial charge in [-0.1, -0.05) is 78.3 Å². The fraction of sp³-hybridized carbons (Fsp3) is 0.205. The van der Waals surface area contributed by atoms with E-state index < -0.39 is 10.1 Å². The van der Waals surface area contributed by atoms with Gasteiger partial charge in [0.25, 0.3) is 10.1 Å². The van der Waals surface area contributed by atoms with E-state index in [1.165, 1.54) is 28.9 Å². The highest BCUT2D eigenvalue weighted by Gasteiger charge is 2.22. The molecular formula is C39H40ClN2O3S+. The molecule has 7 heteroatoms. The van der Waals surface area contributed by atoms with E-state index in [1.54, 1.807) is 6.07 Å². The Labute approximate surface area is 278 Å². The van der Waals surface area contributed by atoms with Crippen molar-refractivity contribution in [1.29, 1.82) is 0 Å². The van der Waals surface area contributed by atoms with Gasteiger partial charge in [-0.05, 0) is 98.0 Å². The van der Waals surface area contributed by atoms with Gasteiger partial charge in [-0.25, -0.2) is 4.58 Å². The summed E-state index contributed by atoms with van der Waals surface area (Å²) in [6, 6.07) is 31.6. The van der Waals surface area contributed by atoms with E-state index in [1.807, 2.05) is 30.3 Å². The van der Waals surface area contributed by atoms with Crippen LogP contribution in [0.15, 0.2) is 131 Å². The van der Waals surface area contributed by atoms with Crippen LogP contribution in [-0.2, 0) is 23.2 Å². The molecule has 0 radical (unpaired) electrons. The molecule has 0 saturated carbocycles. The Morgan fingerprint density at radius 3 is 2.22 bits per heavy atom. The molecule has 0 aromatic heterocycles. The monoisotopic (exact) mass is 651 g/mol. The van der Waals surface area contributed by atoms with Crippen molar-refractivity contribution in [2.45, 2.75) is 45.7 Å². The van der Waals surface area contributed by atoms with Crippen molar-refractivity contribution in [3.05, 3.63) is 159 Å². The Hall–Kier alpha value is -4.23. The number of allylic oxidation sites excluding steroid dienone is 5. The van der Waals surface area contributed by atoms with Crippen LogP contribution in [0.3, 0.4) is 0 Å². The zero-order chi connectivity index (χ0) is 32.8. The third-order valence-corrected chi connectivity index (χ3v) is 9.52. The summed E-state index contributed by atoms with van der Waals surface area (Å²) in [5, 5.41) is 0.689. The Kier molecular flexibility index (Phi) is 10.4. The summed E-state index contributed by atoms with van der Waals surface area (Å²) < 4.78 is 35.2. The fourth-order valence-electron chi connectivity index (χ4n) is 6.04. The second kappa shape index (κ2) is 14.5. The minimum absolute atomic E-state index is 0.101. The highest BCUT2D eigenvalue weighted by molar-refractivity contribution is 7.85. The summed E-state index contributed by atoms with van der Waals surface area (Å²) in [6.07, 6.45) is 6.45. The van der Waals surface area contributed by atoms with Gasteiger partial charge in [-0.15, -0.1) is 0 Å². The Morgan fingerprint density at radius 1 is 0.848 bits per heavy atom. The molecule has 0 bridgehead atoms. The van der Waals surface area contributed by atoms with Crippen LogP contribution >= 0.6 is 11.6 Å². The predicted molar refractivity (Wildman–Crippen MR) is 190 cm³/mol. The second-order valence-corrected chi connectivity index (χ2v) is 13.3. The van der Waals surface area contributed by atoms with Crippen LogP contribution in [-0.4, -0.2) is 36.3 Å². The van der Waals surface area contributed by atoms with E-state index in [4.69, 9.17) is 11.6 Å². The number of benzene rings is 4. The summed E-state index contributed by atoms with van der Waals surface area (Å²) in [4.78, 5) is 2.30. The summed E-state index contributed by atoms with van der Waals surface area (Å²) >= 11 is 6.83. The van der Waals surface area contributed by atoms with Crippen molar-refractivity contribution < 1.29 is 17.5 Å². The number of anilines is 1. The number of halogens is 1. The van der Waals surface area contributed by atoms with E-state index in [0.717, 1.165) is 58.8 Å². The summed E-state index contributed by atoms with van der Waals surface area (Å²) in [7, 11) is -4.27. The van der Waals surface area contributed by atoms with Crippen LogP contribution in [0.4, 0.5) is 5.69 Å². The molecule has 5 nitrogen and oxygen atoms in total. The van der Waals surface area contributed by atoms with Crippen LogP contribution < -0.4 is 4.90 Å². The average Bonchev–Trinajstić information content (AvgIpc) is 3.04. The molecule has 4 aromatic carbocycles. The SMILES string of the molecule is CCN(Cc1ccccc1)c1ccc(/C(=C2\C=CC(=[N+](CC)Cc3cccc(S(=O)(=O)O)c3)C(C)=C2)c2ccccc2Cl)cc1C. The van der Waals surface area contributed by atoms with Crippen LogP contribution in [0.25, 0.3) is 5.57 Å². The maximum atomic E-state index is 11.7. The molecule has 0 unspecified atom stereocenters. The van der Waals surface area contributed by atoms with Crippen LogP contribution in [0, 0.1) is 6.92 Å². The first-order valence-corrected chi connectivity index (χ1v) is 17.3. The second-order valence-electron chi connectivity index (χ2n) is 11.5. The van der Waals surface area contributed by atoms with Gasteiger partial charge in [0.15, 0.2) is 6.54 Å². The number of nitrogens with zero attached hydrogens (tertiary/aromatic N) is 2. The van der Waals surface area contributed by atoms with Crippen LogP contribution in [0.5, 0.6) is 0 Å². The van der Waals surface area contributed by atoms with Crippen molar-refractivity contribution in [3.8, 4) is 0 Å². The van der Waals surface area contributed by atoms with Gasteiger partial charge in [-0.3, -0.25) is 4.55 Å². The fourth-order valence-corrected chi connectivity index (χ4v) is 6.82. The lowest BCUT2D eigenvalue weighted by Gasteiger charge is -2.26. The first kappa shape index (κ1) is 33.1. The zero-order valence-electron chi connectivity index (χ0n) is 26.7. The summed E-state index contributed by atoms with van der Waals surface area (Å²) in [6.45, 7) is 11.5. The average molecular weight is 652 g/mol. The summed E-state index contributed by atoms with van der Waals surface area (Å²) in [5.41, 5.74) is 10.8. The standard InChI is InChI=1S/C39H39ClN2O3S/c1-5-41(26-30-13-8-7-9-14-30)37-21-19-32(23-28(37)3)39(35-17-10-11-18-36(35)40)33-20-22-38(29(4)24-33)42(6-2)27-31-15-12-16-34(25-31)46(43,44)45/h7-25H,5-6,26-27H2,1-4H3/p+1. The molecule has 0 fully saturated rings. The minimum atomic E-state index is -4.27. The smallest absolute Gasteiger partial charge is 0.294 e.